The first-order valence-electron chi connectivity index (χ1n) is 5.40. The van der Waals surface area contributed by atoms with Crippen LogP contribution in [0.1, 0.15) is 5.56 Å². The molecule has 1 aromatic rings. The summed E-state index contributed by atoms with van der Waals surface area (Å²) >= 11 is 0. The Hall–Kier alpha value is -1.92. The van der Waals surface area contributed by atoms with Gasteiger partial charge in [0.15, 0.2) is 0 Å². The number of nitrogens with two attached hydrogens (primary N) is 1. The van der Waals surface area contributed by atoms with Crippen LogP contribution in [0.25, 0.3) is 0 Å². The molecule has 0 unspecified atom stereocenters. The highest BCUT2D eigenvalue weighted by atomic mass is 35.5. The molecule has 0 fully saturated rings. The van der Waals surface area contributed by atoms with E-state index in [0.29, 0.717) is 12.1 Å². The number of nitrogens with zero attached hydrogens (tertiary/aromatic N) is 2. The van der Waals surface area contributed by atoms with Crippen LogP contribution in [0, 0.1) is 10.1 Å². The molecule has 0 heterocycles. The first-order chi connectivity index (χ1) is 8.58. The lowest BCUT2D eigenvalue weighted by Gasteiger charge is -2.20. The molecule has 0 saturated carbocycles. The number of carbonyl (C=O) groups excluding carboxylic acids is 1. The predicted molar refractivity (Wildman–Crippen MR) is 75.0 cm³/mol. The van der Waals surface area contributed by atoms with E-state index >= 15 is 0 Å². The normalized spacial score (nSPS) is 9.32. The molecule has 0 aliphatic heterocycles. The summed E-state index contributed by atoms with van der Waals surface area (Å²) in [7, 11) is 0. The molecule has 104 valence electrons. The van der Waals surface area contributed by atoms with Crippen molar-refractivity contribution < 1.29 is 9.72 Å². The molecule has 0 aliphatic carbocycles. The third-order valence-corrected chi connectivity index (χ3v) is 2.37. The summed E-state index contributed by atoms with van der Waals surface area (Å²) in [4.78, 5) is 23.2. The largest absolute Gasteiger partial charge is 0.334 e. The van der Waals surface area contributed by atoms with Gasteiger partial charge in [-0.15, -0.1) is 19.0 Å². The molecule has 1 amide bonds. The summed E-state index contributed by atoms with van der Waals surface area (Å²) in [6, 6.07) is 6.17. The third-order valence-electron chi connectivity index (χ3n) is 2.37. The Morgan fingerprint density at radius 1 is 1.53 bits per heavy atom. The van der Waals surface area contributed by atoms with Gasteiger partial charge < -0.3 is 10.6 Å². The zero-order valence-corrected chi connectivity index (χ0v) is 11.1. The van der Waals surface area contributed by atoms with Crippen molar-refractivity contribution in [2.24, 2.45) is 5.73 Å². The molecule has 0 atom stereocenters. The van der Waals surface area contributed by atoms with Gasteiger partial charge in [-0.3, -0.25) is 14.9 Å². The molecular formula is C12H16ClN3O3. The number of hydrogen-bond donors (Lipinski definition) is 1. The Labute approximate surface area is 117 Å². The molecule has 0 aliphatic rings. The zero-order chi connectivity index (χ0) is 13.5. The number of carbonyl (C=O) groups is 1. The van der Waals surface area contributed by atoms with Crippen LogP contribution in [0.3, 0.4) is 0 Å². The van der Waals surface area contributed by atoms with Crippen molar-refractivity contribution in [1.29, 1.82) is 0 Å². The van der Waals surface area contributed by atoms with E-state index in [2.05, 4.69) is 6.58 Å². The number of benzene rings is 1. The minimum atomic E-state index is -0.466. The molecule has 0 spiro atoms. The van der Waals surface area contributed by atoms with Crippen molar-refractivity contribution in [2.45, 2.75) is 6.54 Å². The Balaban J connectivity index is 0.00000324. The van der Waals surface area contributed by atoms with Crippen LogP contribution >= 0.6 is 12.4 Å². The minimum absolute atomic E-state index is 0. The van der Waals surface area contributed by atoms with E-state index in [4.69, 9.17) is 5.73 Å². The molecule has 0 aromatic heterocycles. The maximum atomic E-state index is 11.5. The van der Waals surface area contributed by atoms with Crippen LogP contribution in [-0.2, 0) is 11.3 Å². The highest BCUT2D eigenvalue weighted by molar-refractivity contribution is 5.85. The Kier molecular flexibility index (Phi) is 7.40. The van der Waals surface area contributed by atoms with Crippen LogP contribution in [0.15, 0.2) is 36.9 Å². The zero-order valence-electron chi connectivity index (χ0n) is 10.3. The summed E-state index contributed by atoms with van der Waals surface area (Å²) in [6.07, 6.45) is 1.59. The van der Waals surface area contributed by atoms with Gasteiger partial charge in [0.05, 0.1) is 11.5 Å². The summed E-state index contributed by atoms with van der Waals surface area (Å²) in [5.74, 6) is -0.221. The van der Waals surface area contributed by atoms with Gasteiger partial charge in [-0.1, -0.05) is 18.2 Å². The average molecular weight is 286 g/mol. The van der Waals surface area contributed by atoms with E-state index < -0.39 is 4.92 Å². The van der Waals surface area contributed by atoms with Gasteiger partial charge in [0.1, 0.15) is 0 Å². The first-order valence-corrected chi connectivity index (χ1v) is 5.40. The second-order valence-electron chi connectivity index (χ2n) is 3.69. The molecule has 0 radical (unpaired) electrons. The van der Waals surface area contributed by atoms with Crippen LogP contribution in [0.5, 0.6) is 0 Å². The van der Waals surface area contributed by atoms with E-state index in [0.717, 1.165) is 0 Å². The minimum Gasteiger partial charge on any atom is -0.334 e. The SMILES string of the molecule is C=CCN(Cc1cccc([N+](=O)[O-])c1)C(=O)CN.Cl. The lowest BCUT2D eigenvalue weighted by atomic mass is 10.2. The van der Waals surface area contributed by atoms with Crippen LogP contribution < -0.4 is 5.73 Å². The van der Waals surface area contributed by atoms with Crippen LogP contribution in [-0.4, -0.2) is 28.8 Å². The van der Waals surface area contributed by atoms with Crippen molar-refractivity contribution >= 4 is 24.0 Å². The molecule has 6 nitrogen and oxygen atoms in total. The van der Waals surface area contributed by atoms with Gasteiger partial charge in [-0.2, -0.15) is 0 Å². The maximum absolute atomic E-state index is 11.5. The van der Waals surface area contributed by atoms with Gasteiger partial charge in [0.2, 0.25) is 5.91 Å². The lowest BCUT2D eigenvalue weighted by Crippen LogP contribution is -2.35. The predicted octanol–water partition coefficient (Wildman–Crippen LogP) is 1.49. The number of amides is 1. The standard InChI is InChI=1S/C12H15N3O3.ClH/c1-2-6-14(12(16)8-13)9-10-4-3-5-11(7-10)15(17)18;/h2-5,7H,1,6,8-9,13H2;1H. The number of hydrogen-bond acceptors (Lipinski definition) is 4. The highest BCUT2D eigenvalue weighted by Crippen LogP contribution is 2.14. The van der Waals surface area contributed by atoms with E-state index in [1.54, 1.807) is 18.2 Å². The fraction of sp³-hybridized carbons (Fsp3) is 0.250. The number of rotatable bonds is 6. The fourth-order valence-corrected chi connectivity index (χ4v) is 1.53. The number of non-ortho nitro benzene ring substituents is 1. The Morgan fingerprint density at radius 2 is 2.21 bits per heavy atom. The van der Waals surface area contributed by atoms with Crippen molar-refractivity contribution in [2.75, 3.05) is 13.1 Å². The van der Waals surface area contributed by atoms with Crippen molar-refractivity contribution in [1.82, 2.24) is 4.90 Å². The first kappa shape index (κ1) is 17.1. The maximum Gasteiger partial charge on any atom is 0.269 e. The highest BCUT2D eigenvalue weighted by Gasteiger charge is 2.12. The molecular weight excluding hydrogens is 270 g/mol. The van der Waals surface area contributed by atoms with Gasteiger partial charge in [0, 0.05) is 25.2 Å². The molecule has 0 saturated heterocycles. The number of halogens is 1. The summed E-state index contributed by atoms with van der Waals surface area (Å²) in [6.45, 7) is 4.11. The van der Waals surface area contributed by atoms with E-state index in [-0.39, 0.29) is 37.1 Å². The summed E-state index contributed by atoms with van der Waals surface area (Å²) in [5, 5.41) is 10.6. The molecule has 2 N–H and O–H groups in total. The van der Waals surface area contributed by atoms with Crippen molar-refractivity contribution in [3.63, 3.8) is 0 Å². The van der Waals surface area contributed by atoms with E-state index in [9.17, 15) is 14.9 Å². The Bertz CT molecular complexity index is 465. The number of nitro groups is 1. The van der Waals surface area contributed by atoms with Gasteiger partial charge in [-0.25, -0.2) is 0 Å². The quantitative estimate of drug-likeness (QED) is 0.487. The molecule has 19 heavy (non-hydrogen) atoms. The fourth-order valence-electron chi connectivity index (χ4n) is 1.53. The monoisotopic (exact) mass is 285 g/mol. The summed E-state index contributed by atoms with van der Waals surface area (Å²) in [5.41, 5.74) is 5.99. The van der Waals surface area contributed by atoms with E-state index in [1.807, 2.05) is 0 Å². The van der Waals surface area contributed by atoms with Gasteiger partial charge in [0.25, 0.3) is 5.69 Å². The molecule has 1 aromatic carbocycles. The average Bonchev–Trinajstić information content (AvgIpc) is 2.37. The van der Waals surface area contributed by atoms with Gasteiger partial charge >= 0.3 is 0 Å². The van der Waals surface area contributed by atoms with Crippen LogP contribution in [0.4, 0.5) is 5.69 Å². The second kappa shape index (κ2) is 8.23. The lowest BCUT2D eigenvalue weighted by molar-refractivity contribution is -0.384. The van der Waals surface area contributed by atoms with Crippen molar-refractivity contribution in [3.8, 4) is 0 Å². The molecule has 7 heteroatoms. The molecule has 1 rings (SSSR count). The van der Waals surface area contributed by atoms with Crippen molar-refractivity contribution in [3.05, 3.63) is 52.6 Å². The molecule has 0 bridgehead atoms. The smallest absolute Gasteiger partial charge is 0.269 e. The van der Waals surface area contributed by atoms with Crippen LogP contribution in [0.2, 0.25) is 0 Å². The topological polar surface area (TPSA) is 89.5 Å². The second-order valence-corrected chi connectivity index (χ2v) is 3.69. The Morgan fingerprint density at radius 3 is 2.74 bits per heavy atom. The van der Waals surface area contributed by atoms with Gasteiger partial charge in [-0.05, 0) is 5.56 Å². The third kappa shape index (κ3) is 5.07. The summed E-state index contributed by atoms with van der Waals surface area (Å²) < 4.78 is 0. The van der Waals surface area contributed by atoms with E-state index in [1.165, 1.54) is 17.0 Å². The number of nitro benzene ring substituents is 1.